The van der Waals surface area contributed by atoms with Crippen molar-refractivity contribution in [1.82, 2.24) is 5.43 Å². The quantitative estimate of drug-likeness (QED) is 0.227. The van der Waals surface area contributed by atoms with Crippen molar-refractivity contribution in [1.29, 1.82) is 0 Å². The van der Waals surface area contributed by atoms with Gasteiger partial charge in [-0.3, -0.25) is 4.79 Å². The number of nitrogens with one attached hydrogen (secondary N) is 1. The zero-order valence-corrected chi connectivity index (χ0v) is 18.1. The van der Waals surface area contributed by atoms with Crippen LogP contribution in [-0.4, -0.2) is 25.2 Å². The van der Waals surface area contributed by atoms with Crippen LogP contribution in [0.15, 0.2) is 76.3 Å². The molecule has 3 aromatic carbocycles. The number of nitrogens with zero attached hydrogens (tertiary/aromatic N) is 1. The van der Waals surface area contributed by atoms with Crippen LogP contribution in [0.25, 0.3) is 0 Å². The molecule has 3 aromatic rings. The van der Waals surface area contributed by atoms with Crippen LogP contribution in [0.2, 0.25) is 5.02 Å². The maximum absolute atomic E-state index is 12.3. The Morgan fingerprint density at radius 1 is 1.00 bits per heavy atom. The van der Waals surface area contributed by atoms with E-state index in [1.165, 1.54) is 13.3 Å². The average molecular weight is 488 g/mol. The zero-order valence-electron chi connectivity index (χ0n) is 15.8. The van der Waals surface area contributed by atoms with Crippen LogP contribution in [0.4, 0.5) is 0 Å². The summed E-state index contributed by atoms with van der Waals surface area (Å²) in [6.07, 6.45) is 1.46. The molecule has 0 radical (unpaired) electrons. The number of hydrazone groups is 1. The second-order valence-electron chi connectivity index (χ2n) is 6.02. The largest absolute Gasteiger partial charge is 0.493 e. The molecule has 1 N–H and O–H groups in total. The molecule has 0 aliphatic rings. The van der Waals surface area contributed by atoms with Crippen molar-refractivity contribution in [2.24, 2.45) is 5.10 Å². The number of amides is 1. The number of rotatable bonds is 6. The van der Waals surface area contributed by atoms with Crippen LogP contribution in [0.1, 0.15) is 26.3 Å². The first-order valence-electron chi connectivity index (χ1n) is 8.71. The highest BCUT2D eigenvalue weighted by Crippen LogP contribution is 2.28. The Morgan fingerprint density at radius 3 is 2.47 bits per heavy atom. The maximum atomic E-state index is 12.3. The average Bonchev–Trinajstić information content (AvgIpc) is 2.75. The number of esters is 1. The minimum atomic E-state index is -0.535. The van der Waals surface area contributed by atoms with Crippen molar-refractivity contribution in [3.63, 3.8) is 0 Å². The molecule has 0 aliphatic carbocycles. The molecule has 30 heavy (non-hydrogen) atoms. The molecule has 0 spiro atoms. The Bertz CT molecular complexity index is 1100. The van der Waals surface area contributed by atoms with Crippen LogP contribution >= 0.6 is 27.5 Å². The van der Waals surface area contributed by atoms with Gasteiger partial charge in [0.15, 0.2) is 11.5 Å². The van der Waals surface area contributed by atoms with Gasteiger partial charge in [0.1, 0.15) is 0 Å². The third-order valence-corrected chi connectivity index (χ3v) is 4.68. The van der Waals surface area contributed by atoms with Gasteiger partial charge in [0.2, 0.25) is 0 Å². The highest BCUT2D eigenvalue weighted by Gasteiger charge is 2.13. The summed E-state index contributed by atoms with van der Waals surface area (Å²) in [5.74, 6) is -0.270. The molecule has 152 valence electrons. The smallest absolute Gasteiger partial charge is 0.343 e. The lowest BCUT2D eigenvalue weighted by molar-refractivity contribution is 0.0729. The maximum Gasteiger partial charge on any atom is 0.343 e. The van der Waals surface area contributed by atoms with E-state index in [0.29, 0.717) is 27.5 Å². The van der Waals surface area contributed by atoms with Crippen molar-refractivity contribution < 1.29 is 19.1 Å². The zero-order chi connectivity index (χ0) is 21.5. The van der Waals surface area contributed by atoms with E-state index < -0.39 is 5.97 Å². The van der Waals surface area contributed by atoms with Crippen molar-refractivity contribution in [3.05, 3.63) is 92.9 Å². The molecular formula is C22H16BrClN2O4. The summed E-state index contributed by atoms with van der Waals surface area (Å²) in [7, 11) is 1.46. The van der Waals surface area contributed by atoms with Gasteiger partial charge in [-0.05, 0) is 66.2 Å². The Hall–Kier alpha value is -3.16. The summed E-state index contributed by atoms with van der Waals surface area (Å²) >= 11 is 9.15. The standard InChI is InChI=1S/C22H16BrClN2O4/c1-29-20-11-14(13-25-26-21(27)16-3-2-4-17(23)12-16)5-10-19(20)30-22(28)15-6-8-18(24)9-7-15/h2-13H,1H3,(H,26,27)/b25-13+. The summed E-state index contributed by atoms with van der Waals surface area (Å²) in [6, 6.07) is 18.2. The lowest BCUT2D eigenvalue weighted by atomic mass is 10.2. The summed E-state index contributed by atoms with van der Waals surface area (Å²) in [6.45, 7) is 0. The van der Waals surface area contributed by atoms with Crippen molar-refractivity contribution in [3.8, 4) is 11.5 Å². The summed E-state index contributed by atoms with van der Waals surface area (Å²) < 4.78 is 11.5. The number of hydrogen-bond donors (Lipinski definition) is 1. The van der Waals surface area contributed by atoms with E-state index in [-0.39, 0.29) is 11.7 Å². The first-order chi connectivity index (χ1) is 14.5. The fourth-order valence-electron chi connectivity index (χ4n) is 2.45. The van der Waals surface area contributed by atoms with Gasteiger partial charge in [0, 0.05) is 15.1 Å². The van der Waals surface area contributed by atoms with E-state index in [0.717, 1.165) is 4.47 Å². The van der Waals surface area contributed by atoms with E-state index in [1.807, 2.05) is 6.07 Å². The van der Waals surface area contributed by atoms with Gasteiger partial charge in [0.25, 0.3) is 5.91 Å². The van der Waals surface area contributed by atoms with E-state index in [2.05, 4.69) is 26.5 Å². The SMILES string of the molecule is COc1cc(/C=N/NC(=O)c2cccc(Br)c2)ccc1OC(=O)c1ccc(Cl)cc1. The highest BCUT2D eigenvalue weighted by atomic mass is 79.9. The molecule has 3 rings (SSSR count). The fourth-order valence-corrected chi connectivity index (χ4v) is 2.98. The molecule has 6 nitrogen and oxygen atoms in total. The summed E-state index contributed by atoms with van der Waals surface area (Å²) in [5.41, 5.74) is 3.94. The van der Waals surface area contributed by atoms with E-state index in [9.17, 15) is 9.59 Å². The van der Waals surface area contributed by atoms with Crippen molar-refractivity contribution >= 4 is 45.6 Å². The van der Waals surface area contributed by atoms with Crippen molar-refractivity contribution in [2.75, 3.05) is 7.11 Å². The van der Waals surface area contributed by atoms with Crippen LogP contribution < -0.4 is 14.9 Å². The van der Waals surface area contributed by atoms with Crippen molar-refractivity contribution in [2.45, 2.75) is 0 Å². The number of ether oxygens (including phenoxy) is 2. The van der Waals surface area contributed by atoms with E-state index in [1.54, 1.807) is 60.7 Å². The van der Waals surface area contributed by atoms with Gasteiger partial charge in [-0.15, -0.1) is 0 Å². The number of carbonyl (C=O) groups is 2. The molecule has 0 aromatic heterocycles. The van der Waals surface area contributed by atoms with Gasteiger partial charge in [-0.1, -0.05) is 33.6 Å². The molecule has 0 aliphatic heterocycles. The number of halogens is 2. The lowest BCUT2D eigenvalue weighted by Crippen LogP contribution is -2.17. The van der Waals surface area contributed by atoms with Crippen LogP contribution in [0.5, 0.6) is 11.5 Å². The molecule has 0 heterocycles. The molecule has 0 fully saturated rings. The van der Waals surface area contributed by atoms with E-state index in [4.69, 9.17) is 21.1 Å². The molecule has 8 heteroatoms. The Kier molecular flexibility index (Phi) is 7.21. The summed E-state index contributed by atoms with van der Waals surface area (Å²) in [4.78, 5) is 24.4. The highest BCUT2D eigenvalue weighted by molar-refractivity contribution is 9.10. The predicted molar refractivity (Wildman–Crippen MR) is 119 cm³/mol. The van der Waals surface area contributed by atoms with Gasteiger partial charge < -0.3 is 9.47 Å². The molecule has 1 amide bonds. The number of hydrogen-bond acceptors (Lipinski definition) is 5. The second kappa shape index (κ2) is 10.0. The Morgan fingerprint density at radius 2 is 1.77 bits per heavy atom. The Balaban J connectivity index is 1.67. The number of benzene rings is 3. The lowest BCUT2D eigenvalue weighted by Gasteiger charge is -2.10. The van der Waals surface area contributed by atoms with Gasteiger partial charge >= 0.3 is 5.97 Å². The van der Waals surface area contributed by atoms with Crippen LogP contribution in [0.3, 0.4) is 0 Å². The number of carbonyl (C=O) groups excluding carboxylic acids is 2. The molecular weight excluding hydrogens is 472 g/mol. The Labute approximate surface area is 186 Å². The molecule has 0 unspecified atom stereocenters. The topological polar surface area (TPSA) is 77.0 Å². The first-order valence-corrected chi connectivity index (χ1v) is 9.88. The molecule has 0 saturated heterocycles. The normalized spacial score (nSPS) is 10.6. The minimum Gasteiger partial charge on any atom is -0.493 e. The molecule has 0 atom stereocenters. The third kappa shape index (κ3) is 5.68. The van der Waals surface area contributed by atoms with Gasteiger partial charge in [0.05, 0.1) is 18.9 Å². The fraction of sp³-hybridized carbons (Fsp3) is 0.0455. The predicted octanol–water partition coefficient (Wildman–Crippen LogP) is 5.09. The minimum absolute atomic E-state index is 0.257. The molecule has 0 bridgehead atoms. The van der Waals surface area contributed by atoms with Gasteiger partial charge in [-0.25, -0.2) is 10.2 Å². The first kappa shape index (κ1) is 21.5. The monoisotopic (exact) mass is 486 g/mol. The second-order valence-corrected chi connectivity index (χ2v) is 7.37. The van der Waals surface area contributed by atoms with Crippen LogP contribution in [-0.2, 0) is 0 Å². The third-order valence-electron chi connectivity index (χ3n) is 3.94. The van der Waals surface area contributed by atoms with Crippen LogP contribution in [0, 0.1) is 0 Å². The molecule has 0 saturated carbocycles. The number of methoxy groups -OCH3 is 1. The van der Waals surface area contributed by atoms with Gasteiger partial charge in [-0.2, -0.15) is 5.10 Å². The summed E-state index contributed by atoms with van der Waals surface area (Å²) in [5, 5.41) is 4.48. The van der Waals surface area contributed by atoms with E-state index >= 15 is 0 Å².